The van der Waals surface area contributed by atoms with E-state index in [1.54, 1.807) is 29.2 Å². The van der Waals surface area contributed by atoms with Crippen LogP contribution in [-0.2, 0) is 4.79 Å². The van der Waals surface area contributed by atoms with E-state index in [9.17, 15) is 26.7 Å². The maximum Gasteiger partial charge on any atom is 0.227 e. The van der Waals surface area contributed by atoms with Gasteiger partial charge in [-0.25, -0.2) is 22.0 Å². The highest BCUT2D eigenvalue weighted by Gasteiger charge is 2.26. The zero-order valence-electron chi connectivity index (χ0n) is 14.1. The Morgan fingerprint density at radius 3 is 2.04 bits per heavy atom. The fraction of sp³-hybridized carbons (Fsp3) is 0.222. The van der Waals surface area contributed by atoms with Crippen LogP contribution in [0.4, 0.5) is 33.3 Å². The highest BCUT2D eigenvalue weighted by molar-refractivity contribution is 6.00. The molecular weight excluding hydrogens is 369 g/mol. The molecule has 142 valence electrons. The molecule has 2 aromatic rings. The lowest BCUT2D eigenvalue weighted by molar-refractivity contribution is -0.117. The van der Waals surface area contributed by atoms with Crippen LogP contribution in [0.5, 0.6) is 0 Å². The minimum atomic E-state index is -2.23. The van der Waals surface area contributed by atoms with Gasteiger partial charge in [0.2, 0.25) is 11.7 Å². The quantitative estimate of drug-likeness (QED) is 0.281. The van der Waals surface area contributed by atoms with Crippen LogP contribution in [0.2, 0.25) is 0 Å². The molecule has 0 bridgehead atoms. The molecule has 0 saturated carbocycles. The summed E-state index contributed by atoms with van der Waals surface area (Å²) in [6.45, 7) is 2.13. The smallest absolute Gasteiger partial charge is 0.227 e. The summed E-state index contributed by atoms with van der Waals surface area (Å²) in [6, 6.07) is 6.66. The Balaban J connectivity index is 1.82. The van der Waals surface area contributed by atoms with Crippen molar-refractivity contribution in [3.05, 3.63) is 58.9 Å². The van der Waals surface area contributed by atoms with Crippen molar-refractivity contribution in [1.82, 2.24) is 0 Å². The zero-order valence-corrected chi connectivity index (χ0v) is 14.1. The molecule has 1 amide bonds. The number of nitrogens with one attached hydrogen (secondary N) is 1. The van der Waals surface area contributed by atoms with Gasteiger partial charge in [-0.1, -0.05) is 12.1 Å². The van der Waals surface area contributed by atoms with Crippen LogP contribution in [0.15, 0.2) is 29.4 Å². The van der Waals surface area contributed by atoms with E-state index >= 15 is 0 Å². The van der Waals surface area contributed by atoms with Crippen LogP contribution in [0, 0.1) is 29.1 Å². The van der Waals surface area contributed by atoms with E-state index in [1.807, 2.05) is 5.43 Å². The van der Waals surface area contributed by atoms with E-state index in [4.69, 9.17) is 0 Å². The first-order valence-electron chi connectivity index (χ1n) is 8.03. The SMILES string of the molecule is C/C(=N/Nc1c(F)c(F)c(F)c(F)c1F)c1ccc(N2CCCC2=O)cc1. The number of anilines is 2. The van der Waals surface area contributed by atoms with Crippen molar-refractivity contribution in [3.63, 3.8) is 0 Å². The molecule has 0 radical (unpaired) electrons. The first-order chi connectivity index (χ1) is 12.8. The molecule has 4 nitrogen and oxygen atoms in total. The topological polar surface area (TPSA) is 44.7 Å². The highest BCUT2D eigenvalue weighted by Crippen LogP contribution is 2.27. The van der Waals surface area contributed by atoms with Crippen LogP contribution in [-0.4, -0.2) is 18.2 Å². The fourth-order valence-corrected chi connectivity index (χ4v) is 2.71. The lowest BCUT2D eigenvalue weighted by atomic mass is 10.1. The maximum atomic E-state index is 13.6. The number of hydrogen-bond donors (Lipinski definition) is 1. The van der Waals surface area contributed by atoms with E-state index in [2.05, 4.69) is 5.10 Å². The van der Waals surface area contributed by atoms with E-state index in [0.29, 0.717) is 24.2 Å². The molecule has 0 aromatic heterocycles. The van der Waals surface area contributed by atoms with Crippen molar-refractivity contribution in [3.8, 4) is 0 Å². The number of amides is 1. The lowest BCUT2D eigenvalue weighted by Crippen LogP contribution is -2.23. The van der Waals surface area contributed by atoms with Crippen LogP contribution in [0.25, 0.3) is 0 Å². The van der Waals surface area contributed by atoms with E-state index in [0.717, 1.165) is 6.42 Å². The molecule has 1 fully saturated rings. The van der Waals surface area contributed by atoms with Gasteiger partial charge in [0.25, 0.3) is 0 Å². The number of carbonyl (C=O) groups is 1. The average molecular weight is 383 g/mol. The van der Waals surface area contributed by atoms with Gasteiger partial charge in [0, 0.05) is 18.7 Å². The third-order valence-electron chi connectivity index (χ3n) is 4.22. The first-order valence-corrected chi connectivity index (χ1v) is 8.03. The van der Waals surface area contributed by atoms with E-state index in [1.165, 1.54) is 6.92 Å². The first kappa shape index (κ1) is 18.8. The number of carbonyl (C=O) groups excluding carboxylic acids is 1. The molecule has 1 N–H and O–H groups in total. The Kier molecular flexibility index (Phi) is 5.11. The van der Waals surface area contributed by atoms with Crippen molar-refractivity contribution >= 4 is 23.0 Å². The van der Waals surface area contributed by atoms with Crippen LogP contribution in [0.3, 0.4) is 0 Å². The molecule has 0 spiro atoms. The highest BCUT2D eigenvalue weighted by atomic mass is 19.2. The number of rotatable bonds is 4. The monoisotopic (exact) mass is 383 g/mol. The minimum Gasteiger partial charge on any atom is -0.312 e. The van der Waals surface area contributed by atoms with Gasteiger partial charge >= 0.3 is 0 Å². The maximum absolute atomic E-state index is 13.6. The molecule has 0 unspecified atom stereocenters. The summed E-state index contributed by atoms with van der Waals surface area (Å²) in [6.07, 6.45) is 1.28. The van der Waals surface area contributed by atoms with Crippen molar-refractivity contribution in [2.24, 2.45) is 5.10 Å². The van der Waals surface area contributed by atoms with Crippen LogP contribution in [0.1, 0.15) is 25.3 Å². The second-order valence-corrected chi connectivity index (χ2v) is 5.95. The summed E-state index contributed by atoms with van der Waals surface area (Å²) >= 11 is 0. The van der Waals surface area contributed by atoms with Gasteiger partial charge in [-0.3, -0.25) is 10.2 Å². The molecule has 3 rings (SSSR count). The molecule has 1 aliphatic heterocycles. The lowest BCUT2D eigenvalue weighted by Gasteiger charge is -2.16. The third-order valence-corrected chi connectivity index (χ3v) is 4.22. The minimum absolute atomic E-state index is 0.0288. The summed E-state index contributed by atoms with van der Waals surface area (Å²) in [5.74, 6) is -10.3. The predicted molar refractivity (Wildman–Crippen MR) is 90.1 cm³/mol. The number of halogens is 5. The normalized spacial score (nSPS) is 14.8. The third kappa shape index (κ3) is 3.49. The Morgan fingerprint density at radius 2 is 1.52 bits per heavy atom. The van der Waals surface area contributed by atoms with Gasteiger partial charge in [-0.2, -0.15) is 5.10 Å². The molecule has 0 aliphatic carbocycles. The van der Waals surface area contributed by atoms with Gasteiger partial charge in [0.15, 0.2) is 23.3 Å². The summed E-state index contributed by atoms with van der Waals surface area (Å²) in [7, 11) is 0. The second-order valence-electron chi connectivity index (χ2n) is 5.95. The van der Waals surface area contributed by atoms with Gasteiger partial charge < -0.3 is 4.90 Å². The molecule has 27 heavy (non-hydrogen) atoms. The Labute approximate surface area is 151 Å². The number of hydrazone groups is 1. The van der Waals surface area contributed by atoms with Crippen molar-refractivity contribution in [2.75, 3.05) is 16.9 Å². The number of benzene rings is 2. The molecule has 1 aliphatic rings. The molecule has 1 saturated heterocycles. The van der Waals surface area contributed by atoms with Crippen molar-refractivity contribution < 1.29 is 26.7 Å². The van der Waals surface area contributed by atoms with Gasteiger partial charge in [-0.05, 0) is 31.0 Å². The fourth-order valence-electron chi connectivity index (χ4n) is 2.71. The summed E-state index contributed by atoms with van der Waals surface area (Å²) in [5, 5.41) is 3.69. The Morgan fingerprint density at radius 1 is 0.963 bits per heavy atom. The van der Waals surface area contributed by atoms with Gasteiger partial charge in [0.1, 0.15) is 5.69 Å². The second kappa shape index (κ2) is 7.34. The largest absolute Gasteiger partial charge is 0.312 e. The molecule has 1 heterocycles. The van der Waals surface area contributed by atoms with Crippen LogP contribution < -0.4 is 10.3 Å². The summed E-state index contributed by atoms with van der Waals surface area (Å²) in [5.41, 5.74) is 2.16. The number of hydrogen-bond acceptors (Lipinski definition) is 3. The van der Waals surface area contributed by atoms with Gasteiger partial charge in [0.05, 0.1) is 5.71 Å². The Bertz CT molecular complexity index is 899. The summed E-state index contributed by atoms with van der Waals surface area (Å²) in [4.78, 5) is 13.4. The van der Waals surface area contributed by atoms with Gasteiger partial charge in [-0.15, -0.1) is 0 Å². The predicted octanol–water partition coefficient (Wildman–Crippen LogP) is 4.35. The van der Waals surface area contributed by atoms with E-state index < -0.39 is 34.8 Å². The molecule has 0 atom stereocenters. The number of nitrogens with zero attached hydrogens (tertiary/aromatic N) is 2. The van der Waals surface area contributed by atoms with E-state index in [-0.39, 0.29) is 11.6 Å². The van der Waals surface area contributed by atoms with Crippen LogP contribution >= 0.6 is 0 Å². The van der Waals surface area contributed by atoms with Crippen molar-refractivity contribution in [2.45, 2.75) is 19.8 Å². The summed E-state index contributed by atoms with van der Waals surface area (Å²) < 4.78 is 66.7. The molecular formula is C18H14F5N3O. The average Bonchev–Trinajstić information content (AvgIpc) is 3.10. The molecule has 9 heteroatoms. The molecule has 2 aromatic carbocycles. The Hall–Kier alpha value is -2.97. The zero-order chi connectivity index (χ0) is 19.7. The van der Waals surface area contributed by atoms with Crippen molar-refractivity contribution in [1.29, 1.82) is 0 Å². The standard InChI is InChI=1S/C18H14F5N3O/c1-9(10-4-6-11(7-5-10)26-8-2-3-12(26)27)24-25-18-16(22)14(20)13(19)15(21)17(18)23/h4-7,25H,2-3,8H2,1H3/b24-9-.